The Morgan fingerprint density at radius 1 is 0.462 bits per heavy atom. The van der Waals surface area contributed by atoms with Gasteiger partial charge in [0.05, 0.1) is 18.8 Å². The number of hydrogen-bond acceptors (Lipinski definition) is 3. The fraction of sp³-hybridized carbons (Fsp3) is 0.896. The molecule has 0 fully saturated rings. The molecular weight excluding hydrogens is 639 g/mol. The van der Waals surface area contributed by atoms with Crippen LogP contribution in [0.4, 0.5) is 0 Å². The van der Waals surface area contributed by atoms with Crippen LogP contribution >= 0.6 is 0 Å². The summed E-state index contributed by atoms with van der Waals surface area (Å²) in [6.07, 6.45) is 57.0. The lowest BCUT2D eigenvalue weighted by atomic mass is 10.0. The van der Waals surface area contributed by atoms with E-state index in [0.717, 1.165) is 44.9 Å². The van der Waals surface area contributed by atoms with E-state index in [0.29, 0.717) is 12.8 Å². The highest BCUT2D eigenvalue weighted by molar-refractivity contribution is 5.76. The Hall–Kier alpha value is -1.13. The Morgan fingerprint density at radius 3 is 1.21 bits per heavy atom. The summed E-state index contributed by atoms with van der Waals surface area (Å²) in [6, 6.07) is -0.542. The third-order valence-electron chi connectivity index (χ3n) is 11.0. The van der Waals surface area contributed by atoms with Gasteiger partial charge in [-0.2, -0.15) is 0 Å². The first kappa shape index (κ1) is 50.9. The predicted octanol–water partition coefficient (Wildman–Crippen LogP) is 14.8. The molecule has 0 aromatic rings. The van der Waals surface area contributed by atoms with E-state index in [4.69, 9.17) is 0 Å². The van der Waals surface area contributed by atoms with Crippen LogP contribution in [-0.4, -0.2) is 34.9 Å². The third kappa shape index (κ3) is 40.1. The van der Waals surface area contributed by atoms with Gasteiger partial charge in [-0.15, -0.1) is 0 Å². The van der Waals surface area contributed by atoms with Gasteiger partial charge in [0.15, 0.2) is 0 Å². The first-order valence-corrected chi connectivity index (χ1v) is 23.5. The molecule has 4 heteroatoms. The zero-order valence-electron chi connectivity index (χ0n) is 35.3. The summed E-state index contributed by atoms with van der Waals surface area (Å²) in [4.78, 5) is 12.4. The fourth-order valence-corrected chi connectivity index (χ4v) is 7.32. The van der Waals surface area contributed by atoms with Crippen LogP contribution in [0.25, 0.3) is 0 Å². The Balaban J connectivity index is 3.45. The molecule has 1 amide bonds. The largest absolute Gasteiger partial charge is 0.394 e. The summed E-state index contributed by atoms with van der Waals surface area (Å²) in [5.74, 6) is -0.0435. The number of nitrogens with one attached hydrogen (secondary N) is 1. The van der Waals surface area contributed by atoms with E-state index in [9.17, 15) is 15.0 Å². The summed E-state index contributed by atoms with van der Waals surface area (Å²) in [7, 11) is 0. The molecule has 0 rings (SSSR count). The maximum atomic E-state index is 12.4. The SMILES string of the molecule is CCCC/C=C\C/C=C\CCCCCCCC(=O)NC(CO)C(O)CCCCCCCCCCCCCCCCCCCCCCCCCCCC. The molecule has 4 nitrogen and oxygen atoms in total. The first-order valence-electron chi connectivity index (χ1n) is 23.5. The van der Waals surface area contributed by atoms with Crippen molar-refractivity contribution in [3.63, 3.8) is 0 Å². The van der Waals surface area contributed by atoms with Crippen molar-refractivity contribution in [2.75, 3.05) is 6.61 Å². The van der Waals surface area contributed by atoms with E-state index in [2.05, 4.69) is 43.5 Å². The smallest absolute Gasteiger partial charge is 0.220 e. The second-order valence-corrected chi connectivity index (χ2v) is 16.2. The second-order valence-electron chi connectivity index (χ2n) is 16.2. The Labute approximate surface area is 326 Å². The molecule has 0 aromatic heterocycles. The molecule has 0 radical (unpaired) electrons. The van der Waals surface area contributed by atoms with Gasteiger partial charge in [0.25, 0.3) is 0 Å². The molecule has 2 atom stereocenters. The second kappa shape index (κ2) is 44.3. The van der Waals surface area contributed by atoms with E-state index in [-0.39, 0.29) is 12.5 Å². The monoisotopic (exact) mass is 732 g/mol. The molecule has 0 bridgehead atoms. The number of rotatable bonds is 43. The lowest BCUT2D eigenvalue weighted by molar-refractivity contribution is -0.123. The summed E-state index contributed by atoms with van der Waals surface area (Å²) < 4.78 is 0. The summed E-state index contributed by atoms with van der Waals surface area (Å²) in [5.41, 5.74) is 0. The van der Waals surface area contributed by atoms with Crippen LogP contribution in [0.2, 0.25) is 0 Å². The van der Waals surface area contributed by atoms with Crippen LogP contribution in [0, 0.1) is 0 Å². The standard InChI is InChI=1S/C48H93NO3/c1-3-5-7-9-11-13-15-17-19-20-21-22-23-24-25-26-27-28-29-30-31-33-35-37-39-41-43-47(51)46(45-50)49-48(52)44-42-40-38-36-34-32-18-16-14-12-10-8-6-4-2/h10,12,16,18,46-47,50-51H,3-9,11,13-15,17,19-45H2,1-2H3,(H,49,52)/b12-10-,18-16-. The Kier molecular flexibility index (Phi) is 43.3. The summed E-state index contributed by atoms with van der Waals surface area (Å²) in [5, 5.41) is 23.2. The maximum Gasteiger partial charge on any atom is 0.220 e. The zero-order chi connectivity index (χ0) is 37.8. The molecule has 0 heterocycles. The van der Waals surface area contributed by atoms with Crippen molar-refractivity contribution >= 4 is 5.91 Å². The molecule has 3 N–H and O–H groups in total. The third-order valence-corrected chi connectivity index (χ3v) is 11.0. The molecule has 0 aliphatic heterocycles. The molecular formula is C48H93NO3. The van der Waals surface area contributed by atoms with E-state index < -0.39 is 12.1 Å². The average Bonchev–Trinajstić information content (AvgIpc) is 3.15. The highest BCUT2D eigenvalue weighted by atomic mass is 16.3. The number of allylic oxidation sites excluding steroid dienone is 4. The van der Waals surface area contributed by atoms with Crippen LogP contribution in [-0.2, 0) is 4.79 Å². The normalized spacial score (nSPS) is 13.1. The van der Waals surface area contributed by atoms with Crippen molar-refractivity contribution in [2.45, 2.75) is 270 Å². The molecule has 52 heavy (non-hydrogen) atoms. The highest BCUT2D eigenvalue weighted by Crippen LogP contribution is 2.17. The molecule has 0 aliphatic rings. The quantitative estimate of drug-likeness (QED) is 0.0432. The molecule has 0 saturated carbocycles. The highest BCUT2D eigenvalue weighted by Gasteiger charge is 2.20. The first-order chi connectivity index (χ1) is 25.7. The van der Waals surface area contributed by atoms with Gasteiger partial charge in [-0.25, -0.2) is 0 Å². The van der Waals surface area contributed by atoms with Crippen molar-refractivity contribution in [1.82, 2.24) is 5.32 Å². The van der Waals surface area contributed by atoms with Crippen LogP contribution in [0.5, 0.6) is 0 Å². The van der Waals surface area contributed by atoms with Crippen molar-refractivity contribution in [2.24, 2.45) is 0 Å². The number of unbranched alkanes of at least 4 members (excludes halogenated alkanes) is 32. The maximum absolute atomic E-state index is 12.4. The van der Waals surface area contributed by atoms with E-state index in [1.807, 2.05) is 0 Å². The molecule has 2 unspecified atom stereocenters. The molecule has 0 aromatic carbocycles. The molecule has 0 saturated heterocycles. The van der Waals surface area contributed by atoms with Gasteiger partial charge in [0.2, 0.25) is 5.91 Å². The van der Waals surface area contributed by atoms with Crippen molar-refractivity contribution in [1.29, 1.82) is 0 Å². The van der Waals surface area contributed by atoms with Crippen molar-refractivity contribution < 1.29 is 15.0 Å². The van der Waals surface area contributed by atoms with Gasteiger partial charge in [-0.1, -0.05) is 237 Å². The number of aliphatic hydroxyl groups excluding tert-OH is 2. The number of carbonyl (C=O) groups is 1. The number of amides is 1. The van der Waals surface area contributed by atoms with Gasteiger partial charge >= 0.3 is 0 Å². The van der Waals surface area contributed by atoms with Gasteiger partial charge in [0.1, 0.15) is 0 Å². The van der Waals surface area contributed by atoms with Crippen LogP contribution in [0.15, 0.2) is 24.3 Å². The van der Waals surface area contributed by atoms with Crippen LogP contribution in [0.1, 0.15) is 258 Å². The Bertz CT molecular complexity index is 750. The number of aliphatic hydroxyl groups is 2. The van der Waals surface area contributed by atoms with E-state index in [1.165, 1.54) is 186 Å². The Morgan fingerprint density at radius 2 is 0.808 bits per heavy atom. The summed E-state index contributed by atoms with van der Waals surface area (Å²) >= 11 is 0. The minimum Gasteiger partial charge on any atom is -0.394 e. The molecule has 308 valence electrons. The van der Waals surface area contributed by atoms with E-state index >= 15 is 0 Å². The minimum atomic E-state index is -0.664. The number of hydrogen-bond donors (Lipinski definition) is 3. The zero-order valence-corrected chi connectivity index (χ0v) is 35.3. The number of carbonyl (C=O) groups excluding carboxylic acids is 1. The minimum absolute atomic E-state index is 0.0435. The van der Waals surface area contributed by atoms with Crippen LogP contribution < -0.4 is 5.32 Å². The van der Waals surface area contributed by atoms with E-state index in [1.54, 1.807) is 0 Å². The van der Waals surface area contributed by atoms with Crippen LogP contribution in [0.3, 0.4) is 0 Å². The lowest BCUT2D eigenvalue weighted by Gasteiger charge is -2.22. The summed E-state index contributed by atoms with van der Waals surface area (Å²) in [6.45, 7) is 4.33. The molecule has 0 spiro atoms. The average molecular weight is 732 g/mol. The fourth-order valence-electron chi connectivity index (χ4n) is 7.32. The van der Waals surface area contributed by atoms with Gasteiger partial charge in [-0.3, -0.25) is 4.79 Å². The lowest BCUT2D eigenvalue weighted by Crippen LogP contribution is -2.45. The topological polar surface area (TPSA) is 69.6 Å². The van der Waals surface area contributed by atoms with Gasteiger partial charge in [0, 0.05) is 6.42 Å². The predicted molar refractivity (Wildman–Crippen MR) is 230 cm³/mol. The van der Waals surface area contributed by atoms with Crippen molar-refractivity contribution in [3.8, 4) is 0 Å². The molecule has 0 aliphatic carbocycles. The van der Waals surface area contributed by atoms with Crippen molar-refractivity contribution in [3.05, 3.63) is 24.3 Å². The van der Waals surface area contributed by atoms with Gasteiger partial charge in [-0.05, 0) is 38.5 Å². The van der Waals surface area contributed by atoms with Gasteiger partial charge < -0.3 is 15.5 Å².